The summed E-state index contributed by atoms with van der Waals surface area (Å²) in [5.74, 6) is 0.0208. The van der Waals surface area contributed by atoms with E-state index in [0.29, 0.717) is 5.70 Å². The van der Waals surface area contributed by atoms with Crippen LogP contribution in [-0.4, -0.2) is 5.78 Å². The van der Waals surface area contributed by atoms with Gasteiger partial charge in [-0.3, -0.25) is 4.79 Å². The number of ketones is 1. The van der Waals surface area contributed by atoms with Gasteiger partial charge in [0.05, 0.1) is 0 Å². The van der Waals surface area contributed by atoms with Crippen LogP contribution in [0.15, 0.2) is 23.9 Å². The van der Waals surface area contributed by atoms with Crippen LogP contribution >= 0.6 is 0 Å². The average molecular weight is 139 g/mol. The van der Waals surface area contributed by atoms with Crippen LogP contribution in [0.1, 0.15) is 20.3 Å². The van der Waals surface area contributed by atoms with E-state index >= 15 is 0 Å². The molecule has 0 aromatic carbocycles. The zero-order chi connectivity index (χ0) is 7.98. The van der Waals surface area contributed by atoms with E-state index < -0.39 is 0 Å². The van der Waals surface area contributed by atoms with Gasteiger partial charge in [-0.2, -0.15) is 0 Å². The number of rotatable bonds is 3. The third kappa shape index (κ3) is 5.09. The summed E-state index contributed by atoms with van der Waals surface area (Å²) in [6.45, 7) is 3.49. The molecule has 0 rings (SSSR count). The second-order valence-electron chi connectivity index (χ2n) is 2.06. The summed E-state index contributed by atoms with van der Waals surface area (Å²) in [4.78, 5) is 10.4. The third-order valence-electron chi connectivity index (χ3n) is 0.950. The van der Waals surface area contributed by atoms with Crippen LogP contribution in [0.3, 0.4) is 0 Å². The van der Waals surface area contributed by atoms with Crippen LogP contribution in [0.4, 0.5) is 0 Å². The molecule has 0 atom stereocenters. The largest absolute Gasteiger partial charge is 0.399 e. The van der Waals surface area contributed by atoms with E-state index in [2.05, 4.69) is 0 Å². The molecule has 0 bridgehead atoms. The van der Waals surface area contributed by atoms with Gasteiger partial charge in [0.1, 0.15) is 0 Å². The lowest BCUT2D eigenvalue weighted by molar-refractivity contribution is -0.112. The van der Waals surface area contributed by atoms with E-state index in [9.17, 15) is 4.79 Å². The number of carbonyl (C=O) groups is 1. The van der Waals surface area contributed by atoms with Gasteiger partial charge in [-0.05, 0) is 25.5 Å². The van der Waals surface area contributed by atoms with Crippen LogP contribution in [0.5, 0.6) is 0 Å². The van der Waals surface area contributed by atoms with Gasteiger partial charge in [-0.1, -0.05) is 13.0 Å². The minimum atomic E-state index is 0.0208. The lowest BCUT2D eigenvalue weighted by Gasteiger charge is -1.87. The Balaban J connectivity index is 3.89. The molecule has 10 heavy (non-hydrogen) atoms. The molecule has 0 fully saturated rings. The molecule has 0 amide bonds. The van der Waals surface area contributed by atoms with E-state index in [0.717, 1.165) is 6.42 Å². The molecule has 0 aliphatic heterocycles. The van der Waals surface area contributed by atoms with Gasteiger partial charge >= 0.3 is 0 Å². The zero-order valence-electron chi connectivity index (χ0n) is 6.42. The molecule has 56 valence electrons. The topological polar surface area (TPSA) is 43.1 Å². The minimum absolute atomic E-state index is 0.0208. The van der Waals surface area contributed by atoms with Crippen molar-refractivity contribution in [1.82, 2.24) is 0 Å². The van der Waals surface area contributed by atoms with Crippen molar-refractivity contribution in [3.8, 4) is 0 Å². The van der Waals surface area contributed by atoms with E-state index in [1.165, 1.54) is 13.0 Å². The van der Waals surface area contributed by atoms with E-state index in [4.69, 9.17) is 5.73 Å². The molecule has 0 aromatic rings. The van der Waals surface area contributed by atoms with Crippen molar-refractivity contribution in [1.29, 1.82) is 0 Å². The fourth-order valence-corrected chi connectivity index (χ4v) is 0.517. The summed E-state index contributed by atoms with van der Waals surface area (Å²) in [5, 5.41) is 0. The van der Waals surface area contributed by atoms with Crippen molar-refractivity contribution in [3.05, 3.63) is 23.9 Å². The first-order valence-electron chi connectivity index (χ1n) is 3.31. The maximum atomic E-state index is 10.4. The van der Waals surface area contributed by atoms with Crippen molar-refractivity contribution >= 4 is 5.78 Å². The molecular formula is C8H13NO. The molecular weight excluding hydrogens is 126 g/mol. The first-order chi connectivity index (χ1) is 4.66. The van der Waals surface area contributed by atoms with E-state index in [1.807, 2.05) is 13.0 Å². The SMILES string of the molecule is CC/C=C(N)\C=C/C(C)=O. The Morgan fingerprint density at radius 1 is 1.50 bits per heavy atom. The molecule has 0 aromatic heterocycles. The van der Waals surface area contributed by atoms with E-state index in [1.54, 1.807) is 6.08 Å². The molecule has 0 radical (unpaired) electrons. The maximum Gasteiger partial charge on any atom is 0.152 e. The molecule has 0 saturated heterocycles. The third-order valence-corrected chi connectivity index (χ3v) is 0.950. The fourth-order valence-electron chi connectivity index (χ4n) is 0.517. The molecule has 2 nitrogen and oxygen atoms in total. The monoisotopic (exact) mass is 139 g/mol. The van der Waals surface area contributed by atoms with Gasteiger partial charge in [0.2, 0.25) is 0 Å². The number of allylic oxidation sites excluding steroid dienone is 3. The number of carbonyl (C=O) groups excluding carboxylic acids is 1. The van der Waals surface area contributed by atoms with Crippen LogP contribution in [0.25, 0.3) is 0 Å². The fraction of sp³-hybridized carbons (Fsp3) is 0.375. The molecule has 0 unspecified atom stereocenters. The van der Waals surface area contributed by atoms with Crippen LogP contribution in [-0.2, 0) is 4.79 Å². The zero-order valence-corrected chi connectivity index (χ0v) is 6.42. The van der Waals surface area contributed by atoms with Gasteiger partial charge in [0.15, 0.2) is 5.78 Å². The number of hydrogen-bond donors (Lipinski definition) is 1. The molecule has 0 aliphatic carbocycles. The second kappa shape index (κ2) is 4.79. The molecule has 0 heterocycles. The summed E-state index contributed by atoms with van der Waals surface area (Å²) in [6.07, 6.45) is 5.83. The predicted octanol–water partition coefficient (Wildman–Crippen LogP) is 1.38. The molecule has 0 saturated carbocycles. The van der Waals surface area contributed by atoms with E-state index in [-0.39, 0.29) is 5.78 Å². The lowest BCUT2D eigenvalue weighted by atomic mass is 10.3. The van der Waals surface area contributed by atoms with Gasteiger partial charge in [-0.15, -0.1) is 0 Å². The second-order valence-corrected chi connectivity index (χ2v) is 2.06. The van der Waals surface area contributed by atoms with Gasteiger partial charge in [0.25, 0.3) is 0 Å². The molecule has 0 spiro atoms. The highest BCUT2D eigenvalue weighted by molar-refractivity contribution is 5.87. The highest BCUT2D eigenvalue weighted by Crippen LogP contribution is 1.89. The number of nitrogens with two attached hydrogens (primary N) is 1. The van der Waals surface area contributed by atoms with Crippen molar-refractivity contribution in [2.24, 2.45) is 5.73 Å². The Morgan fingerprint density at radius 2 is 2.10 bits per heavy atom. The highest BCUT2D eigenvalue weighted by Gasteiger charge is 1.82. The molecule has 2 heteroatoms. The molecule has 2 N–H and O–H groups in total. The summed E-state index contributed by atoms with van der Waals surface area (Å²) in [6, 6.07) is 0. The summed E-state index contributed by atoms with van der Waals surface area (Å²) in [7, 11) is 0. The first kappa shape index (κ1) is 8.95. The smallest absolute Gasteiger partial charge is 0.152 e. The standard InChI is InChI=1S/C8H13NO/c1-3-4-8(9)6-5-7(2)10/h4-6H,3,9H2,1-2H3/b6-5-,8-4+. The normalized spacial score (nSPS) is 12.4. The average Bonchev–Trinajstić information content (AvgIpc) is 1.85. The Kier molecular flexibility index (Phi) is 4.29. The lowest BCUT2D eigenvalue weighted by Crippen LogP contribution is -1.93. The van der Waals surface area contributed by atoms with Crippen molar-refractivity contribution in [2.45, 2.75) is 20.3 Å². The molecule has 0 aliphatic rings. The minimum Gasteiger partial charge on any atom is -0.399 e. The quantitative estimate of drug-likeness (QED) is 0.474. The van der Waals surface area contributed by atoms with Gasteiger partial charge in [0, 0.05) is 5.70 Å². The summed E-state index contributed by atoms with van der Waals surface area (Å²) >= 11 is 0. The Labute approximate surface area is 61.4 Å². The summed E-state index contributed by atoms with van der Waals surface area (Å²) < 4.78 is 0. The predicted molar refractivity (Wildman–Crippen MR) is 42.4 cm³/mol. The Bertz CT molecular complexity index is 168. The van der Waals surface area contributed by atoms with Gasteiger partial charge < -0.3 is 5.73 Å². The van der Waals surface area contributed by atoms with Crippen molar-refractivity contribution in [3.63, 3.8) is 0 Å². The maximum absolute atomic E-state index is 10.4. The van der Waals surface area contributed by atoms with Crippen LogP contribution < -0.4 is 5.73 Å². The Hall–Kier alpha value is -1.05. The van der Waals surface area contributed by atoms with Crippen LogP contribution in [0.2, 0.25) is 0 Å². The van der Waals surface area contributed by atoms with Crippen molar-refractivity contribution in [2.75, 3.05) is 0 Å². The van der Waals surface area contributed by atoms with Crippen molar-refractivity contribution < 1.29 is 4.79 Å². The number of hydrogen-bond acceptors (Lipinski definition) is 2. The van der Waals surface area contributed by atoms with Gasteiger partial charge in [-0.25, -0.2) is 0 Å². The highest BCUT2D eigenvalue weighted by atomic mass is 16.1. The Morgan fingerprint density at radius 3 is 2.50 bits per heavy atom. The summed E-state index contributed by atoms with van der Waals surface area (Å²) in [5.41, 5.74) is 6.11. The first-order valence-corrected chi connectivity index (χ1v) is 3.31. The van der Waals surface area contributed by atoms with Crippen LogP contribution in [0, 0.1) is 0 Å².